The summed E-state index contributed by atoms with van der Waals surface area (Å²) in [6.45, 7) is 5.38. The average molecular weight is 212 g/mol. The summed E-state index contributed by atoms with van der Waals surface area (Å²) in [4.78, 5) is 4.76. The van der Waals surface area contributed by atoms with Crippen LogP contribution in [0.2, 0.25) is 0 Å². The second-order valence-corrected chi connectivity index (χ2v) is 5.36. The van der Waals surface area contributed by atoms with E-state index in [-0.39, 0.29) is 0 Å². The summed E-state index contributed by atoms with van der Waals surface area (Å²) >= 11 is 0. The normalized spacial score (nSPS) is 29.2. The second kappa shape index (κ2) is 4.81. The molecule has 2 aliphatic heterocycles. The standard InChI is InChI=1S/C12H24N2O/c1-13-9-5-12(15,6-10-13)11-14-7-3-2-4-8-14/h15H,2-11H2,1H3. The quantitative estimate of drug-likeness (QED) is 0.737. The van der Waals surface area contributed by atoms with E-state index in [0.717, 1.165) is 32.5 Å². The SMILES string of the molecule is CN1CCC(O)(CN2CCCCC2)CC1. The number of piperidine rings is 2. The smallest absolute Gasteiger partial charge is 0.0798 e. The van der Waals surface area contributed by atoms with Crippen molar-refractivity contribution < 1.29 is 5.11 Å². The molecule has 2 rings (SSSR count). The van der Waals surface area contributed by atoms with E-state index in [1.165, 1.54) is 32.4 Å². The van der Waals surface area contributed by atoms with Crippen LogP contribution in [0.3, 0.4) is 0 Å². The molecule has 3 nitrogen and oxygen atoms in total. The van der Waals surface area contributed by atoms with Crippen LogP contribution < -0.4 is 0 Å². The number of hydrogen-bond donors (Lipinski definition) is 1. The first-order chi connectivity index (χ1) is 7.18. The molecule has 2 heterocycles. The first-order valence-corrected chi connectivity index (χ1v) is 6.31. The summed E-state index contributed by atoms with van der Waals surface area (Å²) in [5.74, 6) is 0. The third kappa shape index (κ3) is 3.16. The molecule has 15 heavy (non-hydrogen) atoms. The first-order valence-electron chi connectivity index (χ1n) is 6.31. The van der Waals surface area contributed by atoms with Crippen LogP contribution in [-0.2, 0) is 0 Å². The number of rotatable bonds is 2. The van der Waals surface area contributed by atoms with E-state index in [9.17, 15) is 5.11 Å². The largest absolute Gasteiger partial charge is 0.388 e. The number of β-amino-alcohol motifs (C(OH)–C–C–N with tert-alkyl or cyclic N) is 1. The molecular weight excluding hydrogens is 188 g/mol. The topological polar surface area (TPSA) is 26.7 Å². The lowest BCUT2D eigenvalue weighted by atomic mass is 9.90. The highest BCUT2D eigenvalue weighted by molar-refractivity contribution is 4.88. The van der Waals surface area contributed by atoms with Crippen LogP contribution in [0.5, 0.6) is 0 Å². The van der Waals surface area contributed by atoms with Crippen molar-refractivity contribution in [1.29, 1.82) is 0 Å². The summed E-state index contributed by atoms with van der Waals surface area (Å²) < 4.78 is 0. The molecule has 0 aromatic carbocycles. The van der Waals surface area contributed by atoms with Gasteiger partial charge in [0.1, 0.15) is 0 Å². The molecule has 0 aliphatic carbocycles. The first kappa shape index (κ1) is 11.4. The summed E-state index contributed by atoms with van der Waals surface area (Å²) in [5.41, 5.74) is -0.399. The van der Waals surface area contributed by atoms with Gasteiger partial charge in [-0.15, -0.1) is 0 Å². The van der Waals surface area contributed by atoms with Crippen molar-refractivity contribution in [3.8, 4) is 0 Å². The van der Waals surface area contributed by atoms with Gasteiger partial charge in [-0.25, -0.2) is 0 Å². The lowest BCUT2D eigenvalue weighted by Gasteiger charge is -2.40. The Morgan fingerprint density at radius 2 is 1.60 bits per heavy atom. The summed E-state index contributed by atoms with van der Waals surface area (Å²) in [7, 11) is 2.14. The minimum atomic E-state index is -0.399. The highest BCUT2D eigenvalue weighted by Gasteiger charge is 2.33. The van der Waals surface area contributed by atoms with Crippen molar-refractivity contribution in [2.24, 2.45) is 0 Å². The molecule has 0 unspecified atom stereocenters. The maximum absolute atomic E-state index is 10.5. The zero-order valence-electron chi connectivity index (χ0n) is 9.91. The Bertz CT molecular complexity index is 194. The van der Waals surface area contributed by atoms with E-state index in [4.69, 9.17) is 0 Å². The van der Waals surface area contributed by atoms with Crippen molar-refractivity contribution in [3.05, 3.63) is 0 Å². The van der Waals surface area contributed by atoms with Gasteiger partial charge in [0, 0.05) is 19.6 Å². The molecule has 0 aromatic heterocycles. The minimum Gasteiger partial charge on any atom is -0.388 e. The van der Waals surface area contributed by atoms with Crippen LogP contribution in [0.1, 0.15) is 32.1 Å². The van der Waals surface area contributed by atoms with Gasteiger partial charge in [0.25, 0.3) is 0 Å². The van der Waals surface area contributed by atoms with Gasteiger partial charge >= 0.3 is 0 Å². The zero-order chi connectivity index (χ0) is 10.7. The van der Waals surface area contributed by atoms with Gasteiger partial charge in [-0.1, -0.05) is 6.42 Å². The Labute approximate surface area is 93.1 Å². The Balaban J connectivity index is 1.81. The van der Waals surface area contributed by atoms with Crippen LogP contribution in [-0.4, -0.2) is 60.3 Å². The molecule has 0 spiro atoms. The number of aliphatic hydroxyl groups is 1. The molecule has 2 fully saturated rings. The molecule has 2 saturated heterocycles. The third-order valence-electron chi connectivity index (χ3n) is 3.88. The van der Waals surface area contributed by atoms with E-state index in [2.05, 4.69) is 16.8 Å². The van der Waals surface area contributed by atoms with E-state index >= 15 is 0 Å². The fourth-order valence-electron chi connectivity index (χ4n) is 2.73. The molecule has 0 radical (unpaired) electrons. The maximum atomic E-state index is 10.5. The summed E-state index contributed by atoms with van der Waals surface area (Å²) in [6.07, 6.45) is 5.89. The van der Waals surface area contributed by atoms with Gasteiger partial charge in [-0.05, 0) is 45.8 Å². The van der Waals surface area contributed by atoms with Crippen molar-refractivity contribution in [1.82, 2.24) is 9.80 Å². The Morgan fingerprint density at radius 1 is 1.00 bits per heavy atom. The molecule has 0 aromatic rings. The summed E-state index contributed by atoms with van der Waals surface area (Å²) in [5, 5.41) is 10.5. The van der Waals surface area contributed by atoms with E-state index < -0.39 is 5.60 Å². The van der Waals surface area contributed by atoms with Gasteiger partial charge < -0.3 is 14.9 Å². The van der Waals surface area contributed by atoms with Crippen LogP contribution in [0.15, 0.2) is 0 Å². The fourth-order valence-corrected chi connectivity index (χ4v) is 2.73. The Morgan fingerprint density at radius 3 is 2.20 bits per heavy atom. The molecule has 0 saturated carbocycles. The van der Waals surface area contributed by atoms with Crippen molar-refractivity contribution in [2.75, 3.05) is 39.8 Å². The lowest BCUT2D eigenvalue weighted by molar-refractivity contribution is -0.0440. The molecule has 3 heteroatoms. The van der Waals surface area contributed by atoms with Gasteiger partial charge in [0.15, 0.2) is 0 Å². The van der Waals surface area contributed by atoms with E-state index in [1.54, 1.807) is 0 Å². The van der Waals surface area contributed by atoms with Crippen LogP contribution in [0.25, 0.3) is 0 Å². The monoisotopic (exact) mass is 212 g/mol. The lowest BCUT2D eigenvalue weighted by Crippen LogP contribution is -2.51. The molecule has 0 amide bonds. The number of nitrogens with zero attached hydrogens (tertiary/aromatic N) is 2. The van der Waals surface area contributed by atoms with Crippen molar-refractivity contribution in [3.63, 3.8) is 0 Å². The number of hydrogen-bond acceptors (Lipinski definition) is 3. The van der Waals surface area contributed by atoms with Crippen LogP contribution in [0, 0.1) is 0 Å². The molecule has 1 N–H and O–H groups in total. The Hall–Kier alpha value is -0.120. The third-order valence-corrected chi connectivity index (χ3v) is 3.88. The predicted octanol–water partition coefficient (Wildman–Crippen LogP) is 0.929. The zero-order valence-corrected chi connectivity index (χ0v) is 9.91. The number of likely N-dealkylation sites (tertiary alicyclic amines) is 2. The second-order valence-electron chi connectivity index (χ2n) is 5.36. The molecule has 0 bridgehead atoms. The molecular formula is C12H24N2O. The van der Waals surface area contributed by atoms with Crippen LogP contribution >= 0.6 is 0 Å². The maximum Gasteiger partial charge on any atom is 0.0798 e. The average Bonchev–Trinajstić information content (AvgIpc) is 2.24. The van der Waals surface area contributed by atoms with Gasteiger partial charge in [-0.2, -0.15) is 0 Å². The van der Waals surface area contributed by atoms with Gasteiger partial charge in [-0.3, -0.25) is 0 Å². The van der Waals surface area contributed by atoms with Crippen molar-refractivity contribution >= 4 is 0 Å². The minimum absolute atomic E-state index is 0.399. The molecule has 0 atom stereocenters. The van der Waals surface area contributed by atoms with Gasteiger partial charge in [0.05, 0.1) is 5.60 Å². The van der Waals surface area contributed by atoms with Crippen LogP contribution in [0.4, 0.5) is 0 Å². The Kier molecular flexibility index (Phi) is 3.65. The fraction of sp³-hybridized carbons (Fsp3) is 1.00. The predicted molar refractivity (Wildman–Crippen MR) is 62.0 cm³/mol. The van der Waals surface area contributed by atoms with E-state index in [1.807, 2.05) is 0 Å². The van der Waals surface area contributed by atoms with E-state index in [0.29, 0.717) is 0 Å². The summed E-state index contributed by atoms with van der Waals surface area (Å²) in [6, 6.07) is 0. The van der Waals surface area contributed by atoms with Gasteiger partial charge in [0.2, 0.25) is 0 Å². The highest BCUT2D eigenvalue weighted by atomic mass is 16.3. The highest BCUT2D eigenvalue weighted by Crippen LogP contribution is 2.23. The molecule has 88 valence electrons. The van der Waals surface area contributed by atoms with Crippen molar-refractivity contribution in [2.45, 2.75) is 37.7 Å². The molecule has 2 aliphatic rings.